The van der Waals surface area contributed by atoms with Gasteiger partial charge in [0, 0.05) is 24.9 Å². The number of amides is 1. The molecule has 1 unspecified atom stereocenters. The van der Waals surface area contributed by atoms with E-state index in [0.717, 1.165) is 23.5 Å². The van der Waals surface area contributed by atoms with E-state index in [1.165, 1.54) is 6.08 Å². The molecule has 26 heavy (non-hydrogen) atoms. The fourth-order valence-electron chi connectivity index (χ4n) is 2.52. The van der Waals surface area contributed by atoms with Crippen LogP contribution in [-0.2, 0) is 11.3 Å². The van der Waals surface area contributed by atoms with Gasteiger partial charge in [-0.3, -0.25) is 9.48 Å². The molecule has 1 heterocycles. The summed E-state index contributed by atoms with van der Waals surface area (Å²) < 4.78 is 7.16. The fourth-order valence-corrected chi connectivity index (χ4v) is 2.52. The summed E-state index contributed by atoms with van der Waals surface area (Å²) in [6.07, 6.45) is 3.26. The number of hydrogen-bond donors (Lipinski definition) is 1. The Labute approximate surface area is 154 Å². The van der Waals surface area contributed by atoms with Gasteiger partial charge in [-0.05, 0) is 49.6 Å². The van der Waals surface area contributed by atoms with Crippen LogP contribution in [0, 0.1) is 31.1 Å². The van der Waals surface area contributed by atoms with Gasteiger partial charge in [-0.25, -0.2) is 0 Å². The summed E-state index contributed by atoms with van der Waals surface area (Å²) in [4.78, 5) is 12.0. The van der Waals surface area contributed by atoms with Crippen molar-refractivity contribution in [1.29, 1.82) is 5.26 Å². The second-order valence-electron chi connectivity index (χ2n) is 6.31. The Morgan fingerprint density at radius 2 is 2.12 bits per heavy atom. The molecule has 0 saturated carbocycles. The van der Waals surface area contributed by atoms with Gasteiger partial charge in [-0.1, -0.05) is 19.1 Å². The minimum absolute atomic E-state index is 0.0212. The van der Waals surface area contributed by atoms with Crippen LogP contribution in [0.25, 0.3) is 6.08 Å². The van der Waals surface area contributed by atoms with Crippen LogP contribution in [0.1, 0.15) is 23.9 Å². The predicted octanol–water partition coefficient (Wildman–Crippen LogP) is 2.87. The van der Waals surface area contributed by atoms with Crippen LogP contribution in [0.15, 0.2) is 36.4 Å². The maximum Gasteiger partial charge on any atom is 0.244 e. The average Bonchev–Trinajstić information content (AvgIpc) is 2.94. The topological polar surface area (TPSA) is 79.9 Å². The summed E-state index contributed by atoms with van der Waals surface area (Å²) in [6.45, 7) is 7.47. The van der Waals surface area contributed by atoms with E-state index in [2.05, 4.69) is 17.3 Å². The fraction of sp³-hybridized carbons (Fsp3) is 0.350. The largest absolute Gasteiger partial charge is 0.479 e. The number of aryl methyl sites for hydroxylation is 2. The molecule has 1 amide bonds. The lowest BCUT2D eigenvalue weighted by Gasteiger charge is -2.13. The average molecular weight is 352 g/mol. The molecule has 1 N–H and O–H groups in total. The molecule has 0 saturated heterocycles. The number of benzene rings is 1. The third kappa shape index (κ3) is 6.10. The predicted molar refractivity (Wildman–Crippen MR) is 100 cm³/mol. The molecule has 1 aromatic heterocycles. The Balaban J connectivity index is 1.78. The molecular weight excluding hydrogens is 328 g/mol. The molecule has 6 nitrogen and oxygen atoms in total. The summed E-state index contributed by atoms with van der Waals surface area (Å²) in [5.74, 6) is 0.781. The number of nitrogens with one attached hydrogen (secondary N) is 1. The summed E-state index contributed by atoms with van der Waals surface area (Å²) in [5.41, 5.74) is 3.02. The molecule has 2 aromatic rings. The van der Waals surface area contributed by atoms with Crippen molar-refractivity contribution in [1.82, 2.24) is 15.1 Å². The van der Waals surface area contributed by atoms with Crippen LogP contribution < -0.4 is 10.1 Å². The number of nitrogens with zero attached hydrogens (tertiary/aromatic N) is 3. The molecule has 0 aliphatic heterocycles. The first-order valence-corrected chi connectivity index (χ1v) is 8.54. The maximum atomic E-state index is 12.0. The zero-order valence-electron chi connectivity index (χ0n) is 15.4. The van der Waals surface area contributed by atoms with Crippen LogP contribution in [0.2, 0.25) is 0 Å². The third-order valence-corrected chi connectivity index (χ3v) is 3.82. The number of hydrogen-bond acceptors (Lipinski definition) is 4. The molecule has 0 aliphatic rings. The number of nitriles is 1. The summed E-state index contributed by atoms with van der Waals surface area (Å²) in [7, 11) is 0. The van der Waals surface area contributed by atoms with E-state index < -0.39 is 0 Å². The summed E-state index contributed by atoms with van der Waals surface area (Å²) in [6, 6.07) is 11.2. The number of carbonyl (C=O) groups excluding carboxylic acids is 1. The first kappa shape index (κ1) is 19.3. The van der Waals surface area contributed by atoms with Gasteiger partial charge < -0.3 is 10.1 Å². The Morgan fingerprint density at radius 1 is 1.38 bits per heavy atom. The SMILES string of the molecule is Cc1cc(C)n(CC(C)CNC(=O)C=Cc2ccc(OCC#N)cc2)n1. The second kappa shape index (κ2) is 9.42. The zero-order valence-corrected chi connectivity index (χ0v) is 15.4. The quantitative estimate of drug-likeness (QED) is 0.741. The Bertz CT molecular complexity index is 800. The number of ether oxygens (including phenoxy) is 1. The van der Waals surface area contributed by atoms with E-state index in [1.54, 1.807) is 18.2 Å². The first-order chi connectivity index (χ1) is 12.5. The van der Waals surface area contributed by atoms with Gasteiger partial charge in [0.05, 0.1) is 5.69 Å². The van der Waals surface area contributed by atoms with Gasteiger partial charge in [-0.15, -0.1) is 0 Å². The number of aromatic nitrogens is 2. The van der Waals surface area contributed by atoms with E-state index >= 15 is 0 Å². The lowest BCUT2D eigenvalue weighted by atomic mass is 10.1. The molecule has 1 aromatic carbocycles. The highest BCUT2D eigenvalue weighted by Gasteiger charge is 2.08. The van der Waals surface area contributed by atoms with Gasteiger partial charge >= 0.3 is 0 Å². The minimum atomic E-state index is -0.130. The van der Waals surface area contributed by atoms with Crippen LogP contribution in [0.3, 0.4) is 0 Å². The van der Waals surface area contributed by atoms with E-state index in [-0.39, 0.29) is 18.4 Å². The molecule has 0 radical (unpaired) electrons. The first-order valence-electron chi connectivity index (χ1n) is 8.54. The minimum Gasteiger partial charge on any atom is -0.479 e. The molecule has 0 fully saturated rings. The normalized spacial score (nSPS) is 11.9. The van der Waals surface area contributed by atoms with Crippen LogP contribution >= 0.6 is 0 Å². The molecule has 136 valence electrons. The van der Waals surface area contributed by atoms with Crippen molar-refractivity contribution in [3.8, 4) is 11.8 Å². The molecule has 1 atom stereocenters. The van der Waals surface area contributed by atoms with Gasteiger partial charge in [-0.2, -0.15) is 10.4 Å². The van der Waals surface area contributed by atoms with Crippen molar-refractivity contribution in [3.05, 3.63) is 53.4 Å². The van der Waals surface area contributed by atoms with E-state index in [0.29, 0.717) is 12.3 Å². The summed E-state index contributed by atoms with van der Waals surface area (Å²) in [5, 5.41) is 15.8. The molecule has 0 aliphatic carbocycles. The molecule has 6 heteroatoms. The molecule has 0 bridgehead atoms. The standard InChI is InChI=1S/C20H24N4O2/c1-15(14-24-17(3)12-16(2)23-24)13-22-20(25)9-6-18-4-7-19(8-5-18)26-11-10-21/h4-9,12,15H,11,13-14H2,1-3H3,(H,22,25). The Kier molecular flexibility index (Phi) is 6.98. The van der Waals surface area contributed by atoms with E-state index in [9.17, 15) is 4.79 Å². The number of rotatable bonds is 8. The van der Waals surface area contributed by atoms with Gasteiger partial charge in [0.15, 0.2) is 6.61 Å². The van der Waals surface area contributed by atoms with Crippen molar-refractivity contribution < 1.29 is 9.53 Å². The Hall–Kier alpha value is -3.07. The monoisotopic (exact) mass is 352 g/mol. The third-order valence-electron chi connectivity index (χ3n) is 3.82. The zero-order chi connectivity index (χ0) is 18.9. The Morgan fingerprint density at radius 3 is 2.73 bits per heavy atom. The van der Waals surface area contributed by atoms with Crippen molar-refractivity contribution in [2.45, 2.75) is 27.3 Å². The van der Waals surface area contributed by atoms with Crippen molar-refractivity contribution in [2.75, 3.05) is 13.2 Å². The van der Waals surface area contributed by atoms with Crippen LogP contribution in [0.4, 0.5) is 0 Å². The van der Waals surface area contributed by atoms with Gasteiger partial charge in [0.2, 0.25) is 5.91 Å². The molecule has 0 spiro atoms. The van der Waals surface area contributed by atoms with Crippen LogP contribution in [0.5, 0.6) is 5.75 Å². The summed E-state index contributed by atoms with van der Waals surface area (Å²) >= 11 is 0. The highest BCUT2D eigenvalue weighted by atomic mass is 16.5. The second-order valence-corrected chi connectivity index (χ2v) is 6.31. The van der Waals surface area contributed by atoms with E-state index in [1.807, 2.05) is 42.8 Å². The van der Waals surface area contributed by atoms with Crippen molar-refractivity contribution >= 4 is 12.0 Å². The lowest BCUT2D eigenvalue weighted by Crippen LogP contribution is -2.29. The maximum absolute atomic E-state index is 12.0. The highest BCUT2D eigenvalue weighted by molar-refractivity contribution is 5.91. The van der Waals surface area contributed by atoms with Gasteiger partial charge in [0.25, 0.3) is 0 Å². The lowest BCUT2D eigenvalue weighted by molar-refractivity contribution is -0.116. The smallest absolute Gasteiger partial charge is 0.244 e. The van der Waals surface area contributed by atoms with Gasteiger partial charge in [0.1, 0.15) is 11.8 Å². The van der Waals surface area contributed by atoms with Crippen molar-refractivity contribution in [2.24, 2.45) is 5.92 Å². The van der Waals surface area contributed by atoms with Crippen molar-refractivity contribution in [3.63, 3.8) is 0 Å². The van der Waals surface area contributed by atoms with E-state index in [4.69, 9.17) is 10.00 Å². The number of carbonyl (C=O) groups is 1. The van der Waals surface area contributed by atoms with Crippen LogP contribution in [-0.4, -0.2) is 28.8 Å². The highest BCUT2D eigenvalue weighted by Crippen LogP contribution is 2.13. The molecular formula is C20H24N4O2. The molecule has 2 rings (SSSR count).